The third kappa shape index (κ3) is 6.69. The van der Waals surface area contributed by atoms with E-state index in [4.69, 9.17) is 9.47 Å². The number of benzene rings is 1. The number of carbonyl (C=O) groups is 3. The van der Waals surface area contributed by atoms with E-state index >= 15 is 0 Å². The molecular formula is C20H28O5. The fourth-order valence-electron chi connectivity index (χ4n) is 2.13. The van der Waals surface area contributed by atoms with Gasteiger partial charge in [-0.15, -0.1) is 0 Å². The van der Waals surface area contributed by atoms with E-state index in [1.807, 2.05) is 0 Å². The Kier molecular flexibility index (Phi) is 8.32. The summed E-state index contributed by atoms with van der Waals surface area (Å²) in [5.41, 5.74) is -0.857. The summed E-state index contributed by atoms with van der Waals surface area (Å²) in [6.07, 6.45) is 5.26. The van der Waals surface area contributed by atoms with Gasteiger partial charge in [0, 0.05) is 5.56 Å². The SMILES string of the molecule is CCCCCCCOC(=O)C(C)(C)C(=O)Oc1ccc(C(C)=O)cc1. The van der Waals surface area contributed by atoms with E-state index in [0.29, 0.717) is 12.2 Å². The highest BCUT2D eigenvalue weighted by atomic mass is 16.6. The van der Waals surface area contributed by atoms with Gasteiger partial charge in [0.1, 0.15) is 5.75 Å². The van der Waals surface area contributed by atoms with Crippen LogP contribution in [0.2, 0.25) is 0 Å². The Morgan fingerprint density at radius 3 is 2.08 bits per heavy atom. The molecule has 0 aliphatic rings. The number of esters is 2. The van der Waals surface area contributed by atoms with Crippen molar-refractivity contribution in [3.8, 4) is 5.75 Å². The molecule has 0 spiro atoms. The van der Waals surface area contributed by atoms with E-state index in [0.717, 1.165) is 25.7 Å². The summed E-state index contributed by atoms with van der Waals surface area (Å²) in [6, 6.07) is 6.21. The standard InChI is InChI=1S/C20H28O5/c1-5-6-7-8-9-14-24-18(22)20(3,4)19(23)25-17-12-10-16(11-13-17)15(2)21/h10-13H,5-9,14H2,1-4H3. The highest BCUT2D eigenvalue weighted by Gasteiger charge is 2.39. The molecule has 0 radical (unpaired) electrons. The average molecular weight is 348 g/mol. The van der Waals surface area contributed by atoms with Crippen LogP contribution in [-0.4, -0.2) is 24.3 Å². The number of Topliss-reactive ketones (excluding diaryl/α,β-unsaturated/α-hetero) is 1. The Hall–Kier alpha value is -2.17. The minimum atomic E-state index is -1.39. The van der Waals surface area contributed by atoms with Crippen LogP contribution in [0.5, 0.6) is 5.75 Å². The van der Waals surface area contributed by atoms with Crippen LogP contribution in [-0.2, 0) is 14.3 Å². The summed E-state index contributed by atoms with van der Waals surface area (Å²) in [7, 11) is 0. The molecule has 1 rings (SSSR count). The molecule has 0 N–H and O–H groups in total. The summed E-state index contributed by atoms with van der Waals surface area (Å²) in [4.78, 5) is 35.7. The van der Waals surface area contributed by atoms with Gasteiger partial charge in [0.25, 0.3) is 0 Å². The van der Waals surface area contributed by atoms with E-state index in [-0.39, 0.29) is 11.5 Å². The molecule has 0 saturated carbocycles. The van der Waals surface area contributed by atoms with E-state index in [2.05, 4.69) is 6.92 Å². The summed E-state index contributed by atoms with van der Waals surface area (Å²) in [6.45, 7) is 6.88. The molecule has 138 valence electrons. The zero-order valence-electron chi connectivity index (χ0n) is 15.6. The maximum atomic E-state index is 12.3. The molecule has 0 atom stereocenters. The van der Waals surface area contributed by atoms with Crippen LogP contribution in [0.4, 0.5) is 0 Å². The number of ether oxygens (including phenoxy) is 2. The first-order chi connectivity index (χ1) is 11.8. The van der Waals surface area contributed by atoms with Gasteiger partial charge in [-0.3, -0.25) is 14.4 Å². The van der Waals surface area contributed by atoms with Gasteiger partial charge in [-0.25, -0.2) is 0 Å². The molecule has 0 amide bonds. The Morgan fingerprint density at radius 2 is 1.52 bits per heavy atom. The molecular weight excluding hydrogens is 320 g/mol. The van der Waals surface area contributed by atoms with E-state index in [1.165, 1.54) is 39.3 Å². The van der Waals surface area contributed by atoms with Gasteiger partial charge in [-0.1, -0.05) is 32.6 Å². The highest BCUT2D eigenvalue weighted by molar-refractivity contribution is 6.00. The van der Waals surface area contributed by atoms with Crippen molar-refractivity contribution in [1.82, 2.24) is 0 Å². The van der Waals surface area contributed by atoms with Gasteiger partial charge in [0.05, 0.1) is 6.61 Å². The van der Waals surface area contributed by atoms with Gasteiger partial charge in [0.2, 0.25) is 0 Å². The second kappa shape index (κ2) is 9.97. The molecule has 0 heterocycles. The second-order valence-electron chi connectivity index (χ2n) is 6.65. The van der Waals surface area contributed by atoms with Crippen LogP contribution in [0.3, 0.4) is 0 Å². The predicted octanol–water partition coefficient (Wildman–Crippen LogP) is 4.33. The Labute approximate surface area is 149 Å². The fraction of sp³-hybridized carbons (Fsp3) is 0.550. The molecule has 1 aromatic carbocycles. The van der Waals surface area contributed by atoms with Crippen molar-refractivity contribution in [1.29, 1.82) is 0 Å². The molecule has 1 aromatic rings. The van der Waals surface area contributed by atoms with Crippen LogP contribution in [0.1, 0.15) is 70.2 Å². The van der Waals surface area contributed by atoms with Gasteiger partial charge in [-0.05, 0) is 51.5 Å². The van der Waals surface area contributed by atoms with Crippen molar-refractivity contribution >= 4 is 17.7 Å². The van der Waals surface area contributed by atoms with Crippen molar-refractivity contribution in [2.75, 3.05) is 6.61 Å². The quantitative estimate of drug-likeness (QED) is 0.207. The molecule has 0 aliphatic heterocycles. The average Bonchev–Trinajstić information content (AvgIpc) is 2.58. The van der Waals surface area contributed by atoms with Crippen molar-refractivity contribution < 1.29 is 23.9 Å². The normalized spacial score (nSPS) is 11.0. The zero-order chi connectivity index (χ0) is 18.9. The lowest BCUT2D eigenvalue weighted by Crippen LogP contribution is -2.38. The Bertz CT molecular complexity index is 587. The number of hydrogen-bond donors (Lipinski definition) is 0. The summed E-state index contributed by atoms with van der Waals surface area (Å²) >= 11 is 0. The van der Waals surface area contributed by atoms with Crippen LogP contribution in [0, 0.1) is 5.41 Å². The Morgan fingerprint density at radius 1 is 0.920 bits per heavy atom. The first-order valence-electron chi connectivity index (χ1n) is 8.79. The van der Waals surface area contributed by atoms with Crippen LogP contribution < -0.4 is 4.74 Å². The van der Waals surface area contributed by atoms with Crippen molar-refractivity contribution in [3.05, 3.63) is 29.8 Å². The Balaban J connectivity index is 2.51. The predicted molar refractivity (Wildman–Crippen MR) is 95.6 cm³/mol. The monoisotopic (exact) mass is 348 g/mol. The first-order valence-corrected chi connectivity index (χ1v) is 8.79. The smallest absolute Gasteiger partial charge is 0.328 e. The van der Waals surface area contributed by atoms with E-state index in [1.54, 1.807) is 12.1 Å². The second-order valence-corrected chi connectivity index (χ2v) is 6.65. The molecule has 0 aromatic heterocycles. The van der Waals surface area contributed by atoms with E-state index in [9.17, 15) is 14.4 Å². The maximum Gasteiger partial charge on any atom is 0.328 e. The lowest BCUT2D eigenvalue weighted by Gasteiger charge is -2.20. The molecule has 25 heavy (non-hydrogen) atoms. The third-order valence-corrected chi connectivity index (χ3v) is 3.97. The molecule has 0 aliphatic carbocycles. The summed E-state index contributed by atoms with van der Waals surface area (Å²) < 4.78 is 10.5. The van der Waals surface area contributed by atoms with E-state index < -0.39 is 17.4 Å². The number of carbonyl (C=O) groups excluding carboxylic acids is 3. The zero-order valence-corrected chi connectivity index (χ0v) is 15.6. The van der Waals surface area contributed by atoms with Crippen LogP contribution >= 0.6 is 0 Å². The maximum absolute atomic E-state index is 12.3. The molecule has 0 saturated heterocycles. The number of unbranched alkanes of at least 4 members (excludes halogenated alkanes) is 4. The lowest BCUT2D eigenvalue weighted by molar-refractivity contribution is -0.164. The molecule has 0 unspecified atom stereocenters. The topological polar surface area (TPSA) is 69.7 Å². The fourth-order valence-corrected chi connectivity index (χ4v) is 2.13. The minimum absolute atomic E-state index is 0.0688. The van der Waals surface area contributed by atoms with Gasteiger partial charge < -0.3 is 9.47 Å². The van der Waals surface area contributed by atoms with Crippen LogP contribution in [0.25, 0.3) is 0 Å². The molecule has 0 fully saturated rings. The molecule has 0 bridgehead atoms. The minimum Gasteiger partial charge on any atom is -0.465 e. The third-order valence-electron chi connectivity index (χ3n) is 3.97. The highest BCUT2D eigenvalue weighted by Crippen LogP contribution is 2.23. The summed E-state index contributed by atoms with van der Waals surface area (Å²) in [5.74, 6) is -1.05. The largest absolute Gasteiger partial charge is 0.465 e. The summed E-state index contributed by atoms with van der Waals surface area (Å²) in [5, 5.41) is 0. The van der Waals surface area contributed by atoms with Gasteiger partial charge >= 0.3 is 11.9 Å². The van der Waals surface area contributed by atoms with Gasteiger partial charge in [-0.2, -0.15) is 0 Å². The van der Waals surface area contributed by atoms with Crippen molar-refractivity contribution in [3.63, 3.8) is 0 Å². The number of hydrogen-bond acceptors (Lipinski definition) is 5. The molecule has 5 heteroatoms. The van der Waals surface area contributed by atoms with Crippen LogP contribution in [0.15, 0.2) is 24.3 Å². The molecule has 5 nitrogen and oxygen atoms in total. The first kappa shape index (κ1) is 20.9. The lowest BCUT2D eigenvalue weighted by atomic mass is 9.94. The number of ketones is 1. The van der Waals surface area contributed by atoms with Crippen molar-refractivity contribution in [2.45, 2.75) is 59.8 Å². The van der Waals surface area contributed by atoms with Crippen molar-refractivity contribution in [2.24, 2.45) is 5.41 Å². The van der Waals surface area contributed by atoms with Gasteiger partial charge in [0.15, 0.2) is 11.2 Å². The number of rotatable bonds is 10.